The lowest BCUT2D eigenvalue weighted by Crippen LogP contribution is -2.22. The Bertz CT molecular complexity index is 901. The van der Waals surface area contributed by atoms with Gasteiger partial charge in [-0.25, -0.2) is 9.97 Å². The van der Waals surface area contributed by atoms with Crippen LogP contribution in [0.5, 0.6) is 11.5 Å². The van der Waals surface area contributed by atoms with Crippen LogP contribution in [0.25, 0.3) is 11.2 Å². The van der Waals surface area contributed by atoms with Gasteiger partial charge in [0, 0.05) is 23.5 Å². The molecule has 4 N–H and O–H groups in total. The highest BCUT2D eigenvalue weighted by atomic mass is 32.2. The molecule has 27 heavy (non-hydrogen) atoms. The van der Waals surface area contributed by atoms with Crippen LogP contribution in [-0.2, 0) is 0 Å². The number of nitrogens with one attached hydrogen (secondary N) is 2. The van der Waals surface area contributed by atoms with E-state index in [0.29, 0.717) is 17.1 Å². The van der Waals surface area contributed by atoms with Gasteiger partial charge in [-0.05, 0) is 18.6 Å². The van der Waals surface area contributed by atoms with Gasteiger partial charge in [0.2, 0.25) is 5.95 Å². The molecule has 2 heterocycles. The zero-order valence-corrected chi connectivity index (χ0v) is 16.5. The number of fused-ring (bicyclic) bond motifs is 1. The van der Waals surface area contributed by atoms with E-state index in [2.05, 4.69) is 32.2 Å². The summed E-state index contributed by atoms with van der Waals surface area (Å²) in [6.45, 7) is 2.17. The molecule has 1 aromatic carbocycles. The smallest absolute Gasteiger partial charge is 0.223 e. The van der Waals surface area contributed by atoms with Crippen molar-refractivity contribution in [1.82, 2.24) is 19.9 Å². The number of anilines is 2. The molecule has 3 rings (SSSR count). The molecule has 0 saturated heterocycles. The van der Waals surface area contributed by atoms with Crippen molar-refractivity contribution in [2.75, 3.05) is 31.0 Å². The third-order valence-electron chi connectivity index (χ3n) is 4.08. The minimum absolute atomic E-state index is 0.233. The summed E-state index contributed by atoms with van der Waals surface area (Å²) < 4.78 is 10.7. The molecule has 8 nitrogen and oxygen atoms in total. The number of ether oxygens (including phenoxy) is 2. The van der Waals surface area contributed by atoms with Gasteiger partial charge in [-0.15, -0.1) is 11.8 Å². The number of H-pyrrole nitrogens is 1. The Morgan fingerprint density at radius 3 is 2.78 bits per heavy atom. The lowest BCUT2D eigenvalue weighted by molar-refractivity contribution is 0.355. The molecule has 0 fully saturated rings. The molecular weight excluding hydrogens is 364 g/mol. The largest absolute Gasteiger partial charge is 0.493 e. The van der Waals surface area contributed by atoms with Crippen molar-refractivity contribution in [3.05, 3.63) is 24.5 Å². The summed E-state index contributed by atoms with van der Waals surface area (Å²) in [5.41, 5.74) is 8.19. The van der Waals surface area contributed by atoms with Gasteiger partial charge in [-0.3, -0.25) is 0 Å². The number of nitrogens with zero attached hydrogens (tertiary/aromatic N) is 3. The fraction of sp³-hybridized carbons (Fsp3) is 0.389. The van der Waals surface area contributed by atoms with Crippen LogP contribution in [0.1, 0.15) is 19.8 Å². The molecule has 0 radical (unpaired) electrons. The Balaban J connectivity index is 1.73. The van der Waals surface area contributed by atoms with Crippen molar-refractivity contribution in [2.45, 2.75) is 30.8 Å². The lowest BCUT2D eigenvalue weighted by Gasteiger charge is -2.20. The van der Waals surface area contributed by atoms with E-state index in [9.17, 15) is 0 Å². The Morgan fingerprint density at radius 2 is 2.04 bits per heavy atom. The summed E-state index contributed by atoms with van der Waals surface area (Å²) >= 11 is 1.63. The van der Waals surface area contributed by atoms with Crippen molar-refractivity contribution < 1.29 is 9.47 Å². The van der Waals surface area contributed by atoms with Gasteiger partial charge in [-0.2, -0.15) is 4.98 Å². The van der Waals surface area contributed by atoms with Gasteiger partial charge >= 0.3 is 0 Å². The Hall–Kier alpha value is -2.68. The first kappa shape index (κ1) is 19.1. The first-order chi connectivity index (χ1) is 13.1. The number of nitrogens with two attached hydrogens (primary N) is 1. The molecule has 0 bridgehead atoms. The normalized spacial score (nSPS) is 12.1. The van der Waals surface area contributed by atoms with Crippen LogP contribution in [0, 0.1) is 0 Å². The summed E-state index contributed by atoms with van der Waals surface area (Å²) in [6, 6.07) is 6.09. The van der Waals surface area contributed by atoms with Gasteiger partial charge in [0.15, 0.2) is 17.1 Å². The number of aromatic nitrogens is 4. The molecule has 1 atom stereocenters. The third-order valence-corrected chi connectivity index (χ3v) is 5.22. The first-order valence-corrected chi connectivity index (χ1v) is 9.71. The second-order valence-corrected chi connectivity index (χ2v) is 7.01. The SMILES string of the molecule is CCC[C@H](CSc1nc(N)nc2nc[nH]c12)Nc1ccc(OC)c(OC)c1. The molecule has 0 unspecified atom stereocenters. The minimum Gasteiger partial charge on any atom is -0.493 e. The van der Waals surface area contributed by atoms with Crippen molar-refractivity contribution >= 4 is 34.6 Å². The molecule has 0 spiro atoms. The van der Waals surface area contributed by atoms with Crippen LogP contribution in [0.15, 0.2) is 29.6 Å². The second-order valence-electron chi connectivity index (χ2n) is 6.00. The van der Waals surface area contributed by atoms with E-state index in [-0.39, 0.29) is 12.0 Å². The van der Waals surface area contributed by atoms with Gasteiger partial charge in [0.25, 0.3) is 0 Å². The monoisotopic (exact) mass is 388 g/mol. The van der Waals surface area contributed by atoms with Crippen molar-refractivity contribution in [3.63, 3.8) is 0 Å². The number of hydrogen-bond donors (Lipinski definition) is 3. The van der Waals surface area contributed by atoms with Crippen LogP contribution in [0.3, 0.4) is 0 Å². The summed E-state index contributed by atoms with van der Waals surface area (Å²) in [7, 11) is 3.27. The molecule has 0 amide bonds. The Morgan fingerprint density at radius 1 is 1.22 bits per heavy atom. The minimum atomic E-state index is 0.233. The van der Waals surface area contributed by atoms with Gasteiger partial charge in [-0.1, -0.05) is 13.3 Å². The van der Waals surface area contributed by atoms with Crippen molar-refractivity contribution in [1.29, 1.82) is 0 Å². The van der Waals surface area contributed by atoms with Crippen molar-refractivity contribution in [3.8, 4) is 11.5 Å². The fourth-order valence-corrected chi connectivity index (χ4v) is 3.88. The second kappa shape index (κ2) is 8.81. The quantitative estimate of drug-likeness (QED) is 0.378. The number of benzene rings is 1. The average Bonchev–Trinajstić information content (AvgIpc) is 3.14. The third kappa shape index (κ3) is 4.54. The van der Waals surface area contributed by atoms with Crippen LogP contribution in [0.2, 0.25) is 0 Å². The molecule has 144 valence electrons. The number of imidazole rings is 1. The number of aromatic amines is 1. The Labute approximate surface area is 162 Å². The maximum atomic E-state index is 5.80. The number of hydrogen-bond acceptors (Lipinski definition) is 8. The number of methoxy groups -OCH3 is 2. The lowest BCUT2D eigenvalue weighted by atomic mass is 10.2. The van der Waals surface area contributed by atoms with Crippen LogP contribution in [0.4, 0.5) is 11.6 Å². The summed E-state index contributed by atoms with van der Waals surface area (Å²) in [5, 5.41) is 4.39. The van der Waals surface area contributed by atoms with Gasteiger partial charge < -0.3 is 25.5 Å². The molecule has 0 aliphatic carbocycles. The standard InChI is InChI=1S/C18H24N6O2S/c1-4-5-12(22-11-6-7-13(25-2)14(8-11)26-3)9-27-17-15-16(21-10-20-15)23-18(19)24-17/h6-8,10,12,22H,4-5,9H2,1-3H3,(H3,19,20,21,23,24)/t12-/m1/s1. The molecular formula is C18H24N6O2S. The van der Waals surface area contributed by atoms with E-state index >= 15 is 0 Å². The van der Waals surface area contributed by atoms with E-state index in [1.165, 1.54) is 0 Å². The molecule has 2 aromatic heterocycles. The highest BCUT2D eigenvalue weighted by Crippen LogP contribution is 2.31. The predicted octanol–water partition coefficient (Wildman–Crippen LogP) is 3.33. The predicted molar refractivity (Wildman–Crippen MR) is 109 cm³/mol. The van der Waals surface area contributed by atoms with E-state index in [0.717, 1.165) is 34.8 Å². The van der Waals surface area contributed by atoms with Gasteiger partial charge in [0.1, 0.15) is 10.5 Å². The highest BCUT2D eigenvalue weighted by Gasteiger charge is 2.14. The first-order valence-electron chi connectivity index (χ1n) is 8.72. The van der Waals surface area contributed by atoms with Crippen LogP contribution < -0.4 is 20.5 Å². The number of rotatable bonds is 9. The maximum absolute atomic E-state index is 5.80. The number of nitrogen functional groups attached to an aromatic ring is 1. The zero-order valence-electron chi connectivity index (χ0n) is 15.7. The van der Waals surface area contributed by atoms with E-state index < -0.39 is 0 Å². The molecule has 0 saturated carbocycles. The Kier molecular flexibility index (Phi) is 6.23. The van der Waals surface area contributed by atoms with Crippen LogP contribution in [-0.4, -0.2) is 46.0 Å². The highest BCUT2D eigenvalue weighted by molar-refractivity contribution is 7.99. The van der Waals surface area contributed by atoms with E-state index in [4.69, 9.17) is 15.2 Å². The molecule has 9 heteroatoms. The van der Waals surface area contributed by atoms with Crippen molar-refractivity contribution in [2.24, 2.45) is 0 Å². The molecule has 0 aliphatic rings. The summed E-state index contributed by atoms with van der Waals surface area (Å²) in [6.07, 6.45) is 3.69. The number of thioether (sulfide) groups is 1. The van der Waals surface area contributed by atoms with E-state index in [1.54, 1.807) is 32.3 Å². The summed E-state index contributed by atoms with van der Waals surface area (Å²) in [5.74, 6) is 2.47. The maximum Gasteiger partial charge on any atom is 0.223 e. The topological polar surface area (TPSA) is 111 Å². The average molecular weight is 388 g/mol. The fourth-order valence-electron chi connectivity index (χ4n) is 2.81. The summed E-state index contributed by atoms with van der Waals surface area (Å²) in [4.78, 5) is 15.7. The van der Waals surface area contributed by atoms with E-state index in [1.807, 2.05) is 18.2 Å². The zero-order chi connectivity index (χ0) is 19.2. The molecule has 3 aromatic rings. The van der Waals surface area contributed by atoms with Crippen LogP contribution >= 0.6 is 11.8 Å². The molecule has 0 aliphatic heterocycles. The van der Waals surface area contributed by atoms with Gasteiger partial charge in [0.05, 0.1) is 20.5 Å².